The van der Waals surface area contributed by atoms with E-state index in [9.17, 15) is 0 Å². The number of rotatable bonds is 2. The minimum absolute atomic E-state index is 0.124. The molecule has 2 heterocycles. The Hall–Kier alpha value is -2.16. The van der Waals surface area contributed by atoms with Gasteiger partial charge in [0.25, 0.3) is 0 Å². The van der Waals surface area contributed by atoms with Gasteiger partial charge in [-0.15, -0.1) is 11.3 Å². The number of benzene rings is 1. The number of ether oxygens (including phenoxy) is 1. The number of fused-ring (bicyclic) bond motifs is 1. The van der Waals surface area contributed by atoms with Crippen molar-refractivity contribution in [3.8, 4) is 17.7 Å². The summed E-state index contributed by atoms with van der Waals surface area (Å²) in [5, 5.41) is 11.8. The first kappa shape index (κ1) is 11.9. The molecule has 1 aromatic carbocycles. The smallest absolute Gasteiger partial charge is 0.232 e. The molecule has 4 nitrogen and oxygen atoms in total. The lowest BCUT2D eigenvalue weighted by molar-refractivity contribution is 0.467. The summed E-state index contributed by atoms with van der Waals surface area (Å²) in [5.74, 6) is 0.811. The maximum absolute atomic E-state index is 9.04. The van der Waals surface area contributed by atoms with E-state index >= 15 is 0 Å². The summed E-state index contributed by atoms with van der Waals surface area (Å²) in [4.78, 5) is 8.94. The van der Waals surface area contributed by atoms with Gasteiger partial charge in [0.15, 0.2) is 0 Å². The molecule has 0 amide bonds. The zero-order chi connectivity index (χ0) is 13.2. The van der Waals surface area contributed by atoms with E-state index in [1.54, 1.807) is 24.3 Å². The van der Waals surface area contributed by atoms with Crippen LogP contribution in [0, 0.1) is 11.3 Å². The second-order valence-electron chi connectivity index (χ2n) is 3.65. The van der Waals surface area contributed by atoms with Crippen LogP contribution in [0.4, 0.5) is 0 Å². The number of nitrogens with zero attached hydrogens (tertiary/aromatic N) is 3. The summed E-state index contributed by atoms with van der Waals surface area (Å²) in [5.41, 5.74) is 0.445. The molecule has 0 spiro atoms. The predicted octanol–water partition coefficient (Wildman–Crippen LogP) is 4.01. The van der Waals surface area contributed by atoms with Gasteiger partial charge in [0.2, 0.25) is 11.2 Å². The van der Waals surface area contributed by atoms with Crippen LogP contribution < -0.4 is 4.74 Å². The zero-order valence-electron chi connectivity index (χ0n) is 9.50. The Balaban J connectivity index is 2.11. The minimum Gasteiger partial charge on any atom is -0.437 e. The van der Waals surface area contributed by atoms with E-state index in [2.05, 4.69) is 16.0 Å². The number of hydrogen-bond donors (Lipinski definition) is 0. The molecule has 19 heavy (non-hydrogen) atoms. The number of nitriles is 1. The molecule has 0 fully saturated rings. The second-order valence-corrected chi connectivity index (χ2v) is 4.88. The van der Waals surface area contributed by atoms with Crippen LogP contribution in [0.1, 0.15) is 5.56 Å². The van der Waals surface area contributed by atoms with Crippen molar-refractivity contribution in [3.05, 3.63) is 46.6 Å². The van der Waals surface area contributed by atoms with Gasteiger partial charge in [-0.25, -0.2) is 4.98 Å². The van der Waals surface area contributed by atoms with Crippen molar-refractivity contribution < 1.29 is 4.74 Å². The monoisotopic (exact) mass is 287 g/mol. The van der Waals surface area contributed by atoms with Gasteiger partial charge in [0.1, 0.15) is 16.6 Å². The summed E-state index contributed by atoms with van der Waals surface area (Å²) >= 11 is 7.32. The second kappa shape index (κ2) is 4.84. The van der Waals surface area contributed by atoms with Crippen LogP contribution in [0.15, 0.2) is 35.7 Å². The highest BCUT2D eigenvalue weighted by Crippen LogP contribution is 2.32. The highest BCUT2D eigenvalue weighted by atomic mass is 35.5. The van der Waals surface area contributed by atoms with Gasteiger partial charge in [-0.2, -0.15) is 10.2 Å². The Morgan fingerprint density at radius 2 is 2.05 bits per heavy atom. The maximum atomic E-state index is 9.04. The number of thiophene rings is 1. The molecule has 2 aromatic heterocycles. The summed E-state index contributed by atoms with van der Waals surface area (Å²) in [7, 11) is 0. The quantitative estimate of drug-likeness (QED) is 0.668. The molecule has 92 valence electrons. The summed E-state index contributed by atoms with van der Waals surface area (Å²) in [6, 6.07) is 10.9. The third-order valence-electron chi connectivity index (χ3n) is 2.48. The van der Waals surface area contributed by atoms with Crippen molar-refractivity contribution in [2.45, 2.75) is 0 Å². The number of aromatic nitrogens is 2. The normalized spacial score (nSPS) is 10.3. The van der Waals surface area contributed by atoms with Crippen molar-refractivity contribution in [1.82, 2.24) is 9.97 Å². The molecule has 0 saturated heterocycles. The van der Waals surface area contributed by atoms with E-state index in [0.29, 0.717) is 17.2 Å². The summed E-state index contributed by atoms with van der Waals surface area (Å²) < 4.78 is 5.70. The van der Waals surface area contributed by atoms with Crippen molar-refractivity contribution in [1.29, 1.82) is 5.26 Å². The van der Waals surface area contributed by atoms with Crippen LogP contribution >= 0.6 is 22.9 Å². The molecule has 0 aliphatic carbocycles. The van der Waals surface area contributed by atoms with Crippen molar-refractivity contribution in [2.75, 3.05) is 0 Å². The summed E-state index contributed by atoms with van der Waals surface area (Å²) in [6.45, 7) is 0. The Morgan fingerprint density at radius 3 is 2.89 bits per heavy atom. The fourth-order valence-electron chi connectivity index (χ4n) is 1.63. The molecule has 0 unspecified atom stereocenters. The van der Waals surface area contributed by atoms with E-state index in [4.69, 9.17) is 21.6 Å². The lowest BCUT2D eigenvalue weighted by atomic mass is 10.2. The van der Waals surface area contributed by atoms with Gasteiger partial charge in [-0.1, -0.05) is 12.1 Å². The zero-order valence-corrected chi connectivity index (χ0v) is 11.1. The molecule has 0 aliphatic rings. The highest BCUT2D eigenvalue weighted by molar-refractivity contribution is 7.16. The average Bonchev–Trinajstić information content (AvgIpc) is 2.87. The van der Waals surface area contributed by atoms with E-state index in [0.717, 1.165) is 10.2 Å². The first-order chi connectivity index (χ1) is 9.28. The van der Waals surface area contributed by atoms with Crippen LogP contribution in [0.3, 0.4) is 0 Å². The molecule has 0 aliphatic heterocycles. The minimum atomic E-state index is 0.124. The molecule has 0 saturated carbocycles. The third kappa shape index (κ3) is 2.24. The fourth-order valence-corrected chi connectivity index (χ4v) is 2.60. The van der Waals surface area contributed by atoms with Crippen LogP contribution in [-0.4, -0.2) is 9.97 Å². The molecular formula is C13H6ClN3OS. The van der Waals surface area contributed by atoms with Crippen molar-refractivity contribution >= 4 is 33.2 Å². The maximum Gasteiger partial charge on any atom is 0.232 e. The SMILES string of the molecule is N#Cc1ccccc1Oc1nc(Cl)nc2sccc12. The van der Waals surface area contributed by atoms with Crippen LogP contribution in [0.2, 0.25) is 5.28 Å². The van der Waals surface area contributed by atoms with E-state index in [1.165, 1.54) is 11.3 Å². The van der Waals surface area contributed by atoms with E-state index in [-0.39, 0.29) is 5.28 Å². The molecule has 3 aromatic rings. The Kier molecular flexibility index (Phi) is 3.03. The van der Waals surface area contributed by atoms with Crippen molar-refractivity contribution in [2.24, 2.45) is 0 Å². The first-order valence-corrected chi connectivity index (χ1v) is 6.61. The topological polar surface area (TPSA) is 58.8 Å². The van der Waals surface area contributed by atoms with E-state index < -0.39 is 0 Å². The molecule has 0 N–H and O–H groups in total. The Labute approximate surface area is 117 Å². The standard InChI is InChI=1S/C13H6ClN3OS/c14-13-16-11(9-5-6-19-12(9)17-13)18-10-4-2-1-3-8(10)7-15/h1-6H. The molecule has 0 atom stereocenters. The number of hydrogen-bond acceptors (Lipinski definition) is 5. The lowest BCUT2D eigenvalue weighted by Crippen LogP contribution is -1.93. The first-order valence-electron chi connectivity index (χ1n) is 5.35. The molecule has 0 radical (unpaired) electrons. The van der Waals surface area contributed by atoms with Gasteiger partial charge in [-0.3, -0.25) is 0 Å². The van der Waals surface area contributed by atoms with Crippen LogP contribution in [0.25, 0.3) is 10.2 Å². The third-order valence-corrected chi connectivity index (χ3v) is 3.45. The highest BCUT2D eigenvalue weighted by Gasteiger charge is 2.11. The van der Waals surface area contributed by atoms with Gasteiger partial charge >= 0.3 is 0 Å². The predicted molar refractivity (Wildman–Crippen MR) is 73.7 cm³/mol. The fraction of sp³-hybridized carbons (Fsp3) is 0. The van der Waals surface area contributed by atoms with Gasteiger partial charge in [-0.05, 0) is 35.2 Å². The van der Waals surface area contributed by atoms with Crippen LogP contribution in [0.5, 0.6) is 11.6 Å². The largest absolute Gasteiger partial charge is 0.437 e. The van der Waals surface area contributed by atoms with Gasteiger partial charge < -0.3 is 4.74 Å². The number of para-hydroxylation sites is 1. The summed E-state index contributed by atoms with van der Waals surface area (Å²) in [6.07, 6.45) is 0. The average molecular weight is 288 g/mol. The molecule has 6 heteroatoms. The van der Waals surface area contributed by atoms with Gasteiger partial charge in [0.05, 0.1) is 10.9 Å². The van der Waals surface area contributed by atoms with Crippen LogP contribution in [-0.2, 0) is 0 Å². The lowest BCUT2D eigenvalue weighted by Gasteiger charge is -2.07. The Bertz CT molecular complexity index is 794. The van der Waals surface area contributed by atoms with Crippen molar-refractivity contribution in [3.63, 3.8) is 0 Å². The number of halogens is 1. The Morgan fingerprint density at radius 1 is 1.21 bits per heavy atom. The van der Waals surface area contributed by atoms with E-state index in [1.807, 2.05) is 11.4 Å². The molecule has 3 rings (SSSR count). The molecular weight excluding hydrogens is 282 g/mol. The molecule has 0 bridgehead atoms. The van der Waals surface area contributed by atoms with Gasteiger partial charge in [0, 0.05) is 0 Å².